The third-order valence-corrected chi connectivity index (χ3v) is 7.84. The van der Waals surface area contributed by atoms with E-state index < -0.39 is 5.41 Å². The summed E-state index contributed by atoms with van der Waals surface area (Å²) >= 11 is 0. The van der Waals surface area contributed by atoms with Crippen molar-refractivity contribution in [1.29, 1.82) is 5.26 Å². The van der Waals surface area contributed by atoms with E-state index in [1.807, 2.05) is 30.3 Å². The van der Waals surface area contributed by atoms with Crippen LogP contribution in [0, 0.1) is 23.2 Å². The minimum absolute atomic E-state index is 0.0346. The number of unbranched alkanes of at least 4 members (excludes halogenated alkanes) is 1. The lowest BCUT2D eigenvalue weighted by atomic mass is 9.69. The van der Waals surface area contributed by atoms with Crippen LogP contribution in [0.1, 0.15) is 90.5 Å². The summed E-state index contributed by atoms with van der Waals surface area (Å²) in [5.41, 5.74) is 0.527. The third kappa shape index (κ3) is 6.16. The third-order valence-electron chi connectivity index (χ3n) is 7.84. The van der Waals surface area contributed by atoms with Gasteiger partial charge in [-0.1, -0.05) is 70.4 Å². The molecule has 5 nitrogen and oxygen atoms in total. The van der Waals surface area contributed by atoms with Crippen molar-refractivity contribution in [2.75, 3.05) is 6.54 Å². The Morgan fingerprint density at radius 3 is 2.58 bits per heavy atom. The van der Waals surface area contributed by atoms with Crippen molar-refractivity contribution < 1.29 is 9.59 Å². The molecule has 180 valence electrons. The van der Waals surface area contributed by atoms with E-state index in [0.717, 1.165) is 50.5 Å². The van der Waals surface area contributed by atoms with Crippen LogP contribution in [0.5, 0.6) is 0 Å². The molecule has 1 saturated heterocycles. The molecule has 3 unspecified atom stereocenters. The maximum absolute atomic E-state index is 13.0. The highest BCUT2D eigenvalue weighted by molar-refractivity contribution is 5.88. The lowest BCUT2D eigenvalue weighted by Gasteiger charge is -2.32. The van der Waals surface area contributed by atoms with Crippen LogP contribution in [-0.2, 0) is 15.0 Å². The molecule has 3 rings (SSSR count). The second kappa shape index (κ2) is 11.7. The summed E-state index contributed by atoms with van der Waals surface area (Å²) in [7, 11) is 0. The SMILES string of the molecule is CC1CCCC(NC(=O)[C@H]2CCCN2C(=O)CCCCC(C#N)(c2ccccc2)C(C)C)C1. The highest BCUT2D eigenvalue weighted by atomic mass is 16.2. The molecule has 5 heteroatoms. The summed E-state index contributed by atoms with van der Waals surface area (Å²) in [6, 6.07) is 12.6. The molecule has 2 aliphatic rings. The van der Waals surface area contributed by atoms with E-state index in [0.29, 0.717) is 18.9 Å². The Labute approximate surface area is 199 Å². The number of rotatable bonds is 9. The molecule has 33 heavy (non-hydrogen) atoms. The summed E-state index contributed by atoms with van der Waals surface area (Å²) in [5, 5.41) is 13.3. The Balaban J connectivity index is 1.51. The first-order chi connectivity index (χ1) is 15.9. The minimum atomic E-state index is -0.530. The van der Waals surface area contributed by atoms with Crippen LogP contribution >= 0.6 is 0 Å². The first kappa shape index (κ1) is 25.3. The number of nitrogens with zero attached hydrogens (tertiary/aromatic N) is 2. The largest absolute Gasteiger partial charge is 0.352 e. The molecule has 1 heterocycles. The molecule has 0 radical (unpaired) electrons. The van der Waals surface area contributed by atoms with Crippen LogP contribution in [0.15, 0.2) is 30.3 Å². The Morgan fingerprint density at radius 2 is 1.91 bits per heavy atom. The number of likely N-dealkylation sites (tertiary alicyclic amines) is 1. The Morgan fingerprint density at radius 1 is 1.15 bits per heavy atom. The van der Waals surface area contributed by atoms with Crippen molar-refractivity contribution in [3.05, 3.63) is 35.9 Å². The maximum atomic E-state index is 13.0. The van der Waals surface area contributed by atoms with Gasteiger partial charge in [0.05, 0.1) is 11.5 Å². The van der Waals surface area contributed by atoms with Crippen molar-refractivity contribution >= 4 is 11.8 Å². The van der Waals surface area contributed by atoms with E-state index in [-0.39, 0.29) is 29.8 Å². The highest BCUT2D eigenvalue weighted by Gasteiger charge is 2.37. The van der Waals surface area contributed by atoms with Gasteiger partial charge in [0.1, 0.15) is 6.04 Å². The predicted molar refractivity (Wildman–Crippen MR) is 131 cm³/mol. The summed E-state index contributed by atoms with van der Waals surface area (Å²) < 4.78 is 0. The van der Waals surface area contributed by atoms with Crippen LogP contribution in [0.25, 0.3) is 0 Å². The predicted octanol–water partition coefficient (Wildman–Crippen LogP) is 5.35. The van der Waals surface area contributed by atoms with Crippen LogP contribution in [0.3, 0.4) is 0 Å². The van der Waals surface area contributed by atoms with E-state index in [1.165, 1.54) is 12.8 Å². The summed E-state index contributed by atoms with van der Waals surface area (Å²) in [6.07, 6.45) is 8.91. The molecule has 1 aliphatic carbocycles. The van der Waals surface area contributed by atoms with Crippen molar-refractivity contribution in [2.24, 2.45) is 11.8 Å². The number of hydrogen-bond donors (Lipinski definition) is 1. The topological polar surface area (TPSA) is 73.2 Å². The second-order valence-electron chi connectivity index (χ2n) is 10.5. The lowest BCUT2D eigenvalue weighted by molar-refractivity contribution is -0.139. The van der Waals surface area contributed by atoms with Crippen LogP contribution in [0.2, 0.25) is 0 Å². The van der Waals surface area contributed by atoms with Gasteiger partial charge in [0.15, 0.2) is 0 Å². The number of amides is 2. The Hall–Kier alpha value is -2.35. The van der Waals surface area contributed by atoms with Gasteiger partial charge < -0.3 is 10.2 Å². The molecular weight excluding hydrogens is 410 g/mol. The number of nitriles is 1. The zero-order chi connectivity index (χ0) is 23.8. The van der Waals surface area contributed by atoms with E-state index in [9.17, 15) is 14.9 Å². The molecule has 1 aromatic carbocycles. The minimum Gasteiger partial charge on any atom is -0.352 e. The number of carbonyl (C=O) groups is 2. The van der Waals surface area contributed by atoms with Gasteiger partial charge in [0.25, 0.3) is 0 Å². The standard InChI is InChI=1S/C28H41N3O2/c1-21(2)28(20-29,23-12-5-4-6-13-23)17-8-7-16-26(32)31-18-10-15-25(31)27(33)30-24-14-9-11-22(3)19-24/h4-6,12-13,21-22,24-25H,7-11,14-19H2,1-3H3,(H,30,33)/t22?,24?,25-,28?/m1/s1. The average molecular weight is 452 g/mol. The van der Waals surface area contributed by atoms with Crippen LogP contribution in [-0.4, -0.2) is 35.3 Å². The van der Waals surface area contributed by atoms with Gasteiger partial charge in [-0.15, -0.1) is 0 Å². The second-order valence-corrected chi connectivity index (χ2v) is 10.5. The zero-order valence-electron chi connectivity index (χ0n) is 20.7. The highest BCUT2D eigenvalue weighted by Crippen LogP contribution is 2.37. The number of nitrogens with one attached hydrogen (secondary N) is 1. The van der Waals surface area contributed by atoms with Gasteiger partial charge in [-0.2, -0.15) is 5.26 Å². The molecule has 2 amide bonds. The molecule has 1 saturated carbocycles. The molecular formula is C28H41N3O2. The fourth-order valence-corrected chi connectivity index (χ4v) is 5.78. The van der Waals surface area contributed by atoms with Crippen molar-refractivity contribution in [1.82, 2.24) is 10.2 Å². The van der Waals surface area contributed by atoms with Crippen molar-refractivity contribution in [2.45, 2.75) is 102 Å². The molecule has 4 atom stereocenters. The smallest absolute Gasteiger partial charge is 0.243 e. The fourth-order valence-electron chi connectivity index (χ4n) is 5.78. The molecule has 1 aliphatic heterocycles. The van der Waals surface area contributed by atoms with Gasteiger partial charge in [-0.25, -0.2) is 0 Å². The molecule has 0 bridgehead atoms. The van der Waals surface area contributed by atoms with Gasteiger partial charge >= 0.3 is 0 Å². The zero-order valence-corrected chi connectivity index (χ0v) is 20.7. The summed E-state index contributed by atoms with van der Waals surface area (Å²) in [6.45, 7) is 7.13. The average Bonchev–Trinajstić information content (AvgIpc) is 3.30. The first-order valence-corrected chi connectivity index (χ1v) is 12.9. The van der Waals surface area contributed by atoms with Crippen LogP contribution < -0.4 is 5.32 Å². The van der Waals surface area contributed by atoms with E-state index in [4.69, 9.17) is 0 Å². The molecule has 2 fully saturated rings. The lowest BCUT2D eigenvalue weighted by Crippen LogP contribution is -2.49. The van der Waals surface area contributed by atoms with Crippen LogP contribution in [0.4, 0.5) is 0 Å². The fraction of sp³-hybridized carbons (Fsp3) is 0.679. The molecule has 0 aromatic heterocycles. The van der Waals surface area contributed by atoms with E-state index in [1.54, 1.807) is 4.90 Å². The summed E-state index contributed by atoms with van der Waals surface area (Å²) in [4.78, 5) is 27.7. The normalized spacial score (nSPS) is 24.8. The Kier molecular flexibility index (Phi) is 8.95. The summed E-state index contributed by atoms with van der Waals surface area (Å²) in [5.74, 6) is 0.964. The van der Waals surface area contributed by atoms with E-state index >= 15 is 0 Å². The van der Waals surface area contributed by atoms with Gasteiger partial charge in [0, 0.05) is 19.0 Å². The molecule has 1 aromatic rings. The molecule has 1 N–H and O–H groups in total. The Bertz CT molecular complexity index is 831. The van der Waals surface area contributed by atoms with Gasteiger partial charge in [-0.05, 0) is 55.9 Å². The monoisotopic (exact) mass is 451 g/mol. The first-order valence-electron chi connectivity index (χ1n) is 12.9. The molecule has 0 spiro atoms. The van der Waals surface area contributed by atoms with Gasteiger partial charge in [-0.3, -0.25) is 9.59 Å². The van der Waals surface area contributed by atoms with E-state index in [2.05, 4.69) is 32.2 Å². The maximum Gasteiger partial charge on any atom is 0.243 e. The number of benzene rings is 1. The van der Waals surface area contributed by atoms with Crippen molar-refractivity contribution in [3.63, 3.8) is 0 Å². The van der Waals surface area contributed by atoms with Crippen molar-refractivity contribution in [3.8, 4) is 6.07 Å². The number of hydrogen-bond acceptors (Lipinski definition) is 3. The number of carbonyl (C=O) groups excluding carboxylic acids is 2. The quantitative estimate of drug-likeness (QED) is 0.514. The van der Waals surface area contributed by atoms with Gasteiger partial charge in [0.2, 0.25) is 11.8 Å².